The Morgan fingerprint density at radius 1 is 1.05 bits per heavy atom. The summed E-state index contributed by atoms with van der Waals surface area (Å²) >= 11 is 0. The van der Waals surface area contributed by atoms with Crippen LogP contribution < -0.4 is 16.4 Å². The van der Waals surface area contributed by atoms with E-state index in [4.69, 9.17) is 10.5 Å². The van der Waals surface area contributed by atoms with Crippen molar-refractivity contribution < 1.29 is 13.9 Å². The number of carbonyl (C=O) groups is 1. The van der Waals surface area contributed by atoms with Crippen LogP contribution in [0.15, 0.2) is 73.1 Å². The highest BCUT2D eigenvalue weighted by molar-refractivity contribution is 5.96. The number of benzene rings is 2. The third-order valence-electron chi connectivity index (χ3n) is 7.96. The number of hydrogen-bond donors (Lipinski definition) is 3. The Hall–Kier alpha value is -3.13. The number of anilines is 1. The predicted molar refractivity (Wildman–Crippen MR) is 147 cm³/mol. The summed E-state index contributed by atoms with van der Waals surface area (Å²) < 4.78 is 21.5. The van der Waals surface area contributed by atoms with Gasteiger partial charge in [-0.15, -0.1) is 0 Å². The van der Waals surface area contributed by atoms with E-state index in [0.717, 1.165) is 37.1 Å². The average molecular weight is 517 g/mol. The molecular formula is C31H37FN4O2. The molecule has 7 heteroatoms. The van der Waals surface area contributed by atoms with Gasteiger partial charge in [0.05, 0.1) is 35.8 Å². The molecule has 6 nitrogen and oxygen atoms in total. The van der Waals surface area contributed by atoms with Crippen molar-refractivity contribution in [1.82, 2.24) is 10.3 Å². The molecule has 0 unspecified atom stereocenters. The van der Waals surface area contributed by atoms with Gasteiger partial charge in [-0.2, -0.15) is 0 Å². The molecule has 1 saturated heterocycles. The van der Waals surface area contributed by atoms with Crippen molar-refractivity contribution in [3.63, 3.8) is 0 Å². The Bertz CT molecular complexity index is 1160. The van der Waals surface area contributed by atoms with Crippen LogP contribution in [0.3, 0.4) is 0 Å². The van der Waals surface area contributed by atoms with Crippen LogP contribution in [-0.2, 0) is 16.0 Å². The molecule has 3 aromatic rings. The molecule has 4 N–H and O–H groups in total. The molecule has 0 radical (unpaired) electrons. The van der Waals surface area contributed by atoms with E-state index in [1.165, 1.54) is 31.7 Å². The topological polar surface area (TPSA) is 89.3 Å². The number of halogens is 1. The number of morpholine rings is 1. The van der Waals surface area contributed by atoms with Gasteiger partial charge >= 0.3 is 0 Å². The lowest BCUT2D eigenvalue weighted by atomic mass is 9.83. The Labute approximate surface area is 224 Å². The minimum atomic E-state index is -0.882. The normalized spacial score (nSPS) is 19.8. The molecule has 5 rings (SSSR count). The first kappa shape index (κ1) is 26.5. The van der Waals surface area contributed by atoms with Gasteiger partial charge in [0.15, 0.2) is 0 Å². The molecule has 1 saturated carbocycles. The Morgan fingerprint density at radius 2 is 1.71 bits per heavy atom. The SMILES string of the molecule is N[C@H](C(=O)Nc1cncc(F)c1CC[C@@H]1CNCC2(CCCCC2)O1)C(c1ccccc1)c1ccccc1. The Kier molecular flexibility index (Phi) is 8.47. The highest BCUT2D eigenvalue weighted by atomic mass is 19.1. The van der Waals surface area contributed by atoms with E-state index in [9.17, 15) is 9.18 Å². The average Bonchev–Trinajstić information content (AvgIpc) is 2.94. The molecule has 2 fully saturated rings. The fourth-order valence-electron chi connectivity index (χ4n) is 5.97. The van der Waals surface area contributed by atoms with E-state index < -0.39 is 11.9 Å². The Balaban J connectivity index is 1.30. The van der Waals surface area contributed by atoms with Crippen LogP contribution in [0, 0.1) is 5.82 Å². The zero-order chi connectivity index (χ0) is 26.4. The quantitative estimate of drug-likeness (QED) is 0.395. The zero-order valence-corrected chi connectivity index (χ0v) is 21.7. The third kappa shape index (κ3) is 6.12. The summed E-state index contributed by atoms with van der Waals surface area (Å²) in [5.74, 6) is -1.17. The minimum Gasteiger partial charge on any atom is -0.369 e. The molecule has 1 aromatic heterocycles. The number of nitrogens with one attached hydrogen (secondary N) is 2. The maximum absolute atomic E-state index is 15.0. The largest absolute Gasteiger partial charge is 0.369 e. The number of nitrogens with two attached hydrogens (primary N) is 1. The van der Waals surface area contributed by atoms with Crippen molar-refractivity contribution in [1.29, 1.82) is 0 Å². The van der Waals surface area contributed by atoms with Gasteiger partial charge in [0.1, 0.15) is 5.82 Å². The van der Waals surface area contributed by atoms with E-state index in [2.05, 4.69) is 15.6 Å². The first-order valence-corrected chi connectivity index (χ1v) is 13.7. The predicted octanol–water partition coefficient (Wildman–Crippen LogP) is 4.94. The molecule has 1 aliphatic carbocycles. The van der Waals surface area contributed by atoms with E-state index >= 15 is 0 Å². The van der Waals surface area contributed by atoms with Gasteiger partial charge in [0, 0.05) is 24.6 Å². The van der Waals surface area contributed by atoms with Gasteiger partial charge in [-0.25, -0.2) is 4.39 Å². The van der Waals surface area contributed by atoms with E-state index in [1.807, 2.05) is 60.7 Å². The van der Waals surface area contributed by atoms with Crippen molar-refractivity contribution in [2.75, 3.05) is 18.4 Å². The maximum Gasteiger partial charge on any atom is 0.242 e. The number of rotatable bonds is 8. The molecule has 2 heterocycles. The second kappa shape index (κ2) is 12.2. The van der Waals surface area contributed by atoms with Crippen LogP contribution in [0.4, 0.5) is 10.1 Å². The standard InChI is InChI=1S/C31H37FN4O2/c32-26-19-34-20-27(25(26)15-14-24-18-35-21-31(38-24)16-8-3-9-17-31)36-30(37)29(33)28(22-10-4-1-5-11-22)23-12-6-2-7-13-23/h1-2,4-7,10-13,19-20,24,28-29,35H,3,8-9,14-18,21,33H2,(H,36,37)/t24-,29+/m1/s1. The molecule has 0 bridgehead atoms. The smallest absolute Gasteiger partial charge is 0.242 e. The first-order chi connectivity index (χ1) is 18.5. The minimum absolute atomic E-state index is 0.000709. The number of nitrogens with zero attached hydrogens (tertiary/aromatic N) is 1. The molecule has 38 heavy (non-hydrogen) atoms. The molecule has 1 amide bonds. The van der Waals surface area contributed by atoms with Crippen molar-refractivity contribution in [2.45, 2.75) is 68.6 Å². The number of ether oxygens (including phenoxy) is 1. The fourth-order valence-corrected chi connectivity index (χ4v) is 5.97. The van der Waals surface area contributed by atoms with Crippen LogP contribution in [0.5, 0.6) is 0 Å². The first-order valence-electron chi connectivity index (χ1n) is 13.7. The van der Waals surface area contributed by atoms with Gasteiger partial charge in [-0.05, 0) is 36.8 Å². The molecule has 1 aliphatic heterocycles. The molecule has 2 aliphatic rings. The van der Waals surface area contributed by atoms with Gasteiger partial charge < -0.3 is 21.1 Å². The lowest BCUT2D eigenvalue weighted by Crippen LogP contribution is -2.54. The van der Waals surface area contributed by atoms with Crippen LogP contribution in [0.25, 0.3) is 0 Å². The van der Waals surface area contributed by atoms with E-state index in [1.54, 1.807) is 0 Å². The Morgan fingerprint density at radius 3 is 2.37 bits per heavy atom. The second-order valence-electron chi connectivity index (χ2n) is 10.6. The van der Waals surface area contributed by atoms with Gasteiger partial charge in [-0.1, -0.05) is 79.9 Å². The number of amides is 1. The van der Waals surface area contributed by atoms with Crippen molar-refractivity contribution in [3.05, 3.63) is 95.6 Å². The van der Waals surface area contributed by atoms with Crippen LogP contribution in [-0.4, -0.2) is 41.7 Å². The summed E-state index contributed by atoms with van der Waals surface area (Å²) in [6.07, 6.45) is 9.58. The van der Waals surface area contributed by atoms with E-state index in [-0.39, 0.29) is 23.5 Å². The summed E-state index contributed by atoms with van der Waals surface area (Å²) in [6, 6.07) is 18.6. The lowest BCUT2D eigenvalue weighted by molar-refractivity contribution is -0.135. The van der Waals surface area contributed by atoms with Crippen molar-refractivity contribution in [2.24, 2.45) is 5.73 Å². The lowest BCUT2D eigenvalue weighted by Gasteiger charge is -2.44. The van der Waals surface area contributed by atoms with Crippen molar-refractivity contribution >= 4 is 11.6 Å². The molecule has 200 valence electrons. The van der Waals surface area contributed by atoms with Crippen LogP contribution in [0.2, 0.25) is 0 Å². The summed E-state index contributed by atoms with van der Waals surface area (Å²) in [5, 5.41) is 6.43. The molecule has 1 spiro atoms. The molecule has 2 aromatic carbocycles. The summed E-state index contributed by atoms with van der Waals surface area (Å²) in [6.45, 7) is 1.63. The number of hydrogen-bond acceptors (Lipinski definition) is 5. The van der Waals surface area contributed by atoms with Gasteiger partial charge in [0.2, 0.25) is 5.91 Å². The third-order valence-corrected chi connectivity index (χ3v) is 7.96. The monoisotopic (exact) mass is 516 g/mol. The molecule has 2 atom stereocenters. The van der Waals surface area contributed by atoms with Crippen LogP contribution in [0.1, 0.15) is 61.1 Å². The summed E-state index contributed by atoms with van der Waals surface area (Å²) in [4.78, 5) is 17.5. The maximum atomic E-state index is 15.0. The fraction of sp³-hybridized carbons (Fsp3) is 0.419. The van der Waals surface area contributed by atoms with E-state index in [0.29, 0.717) is 24.1 Å². The highest BCUT2D eigenvalue weighted by Crippen LogP contribution is 2.35. The summed E-state index contributed by atoms with van der Waals surface area (Å²) in [7, 11) is 0. The number of carbonyl (C=O) groups excluding carboxylic acids is 1. The second-order valence-corrected chi connectivity index (χ2v) is 10.6. The molecular weight excluding hydrogens is 479 g/mol. The zero-order valence-electron chi connectivity index (χ0n) is 21.7. The van der Waals surface area contributed by atoms with Gasteiger partial charge in [-0.3, -0.25) is 9.78 Å². The number of pyridine rings is 1. The van der Waals surface area contributed by atoms with Crippen LogP contribution >= 0.6 is 0 Å². The van der Waals surface area contributed by atoms with Crippen molar-refractivity contribution in [3.8, 4) is 0 Å². The summed E-state index contributed by atoms with van der Waals surface area (Å²) in [5.41, 5.74) is 9.17. The highest BCUT2D eigenvalue weighted by Gasteiger charge is 2.38. The number of aromatic nitrogens is 1. The van der Waals surface area contributed by atoms with Gasteiger partial charge in [0.25, 0.3) is 0 Å².